The summed E-state index contributed by atoms with van der Waals surface area (Å²) in [5.74, 6) is -1.46. The van der Waals surface area contributed by atoms with Crippen LogP contribution in [-0.2, 0) is 20.7 Å². The number of hydrogen-bond donors (Lipinski definition) is 2. The van der Waals surface area contributed by atoms with E-state index in [1.807, 2.05) is 0 Å². The van der Waals surface area contributed by atoms with Gasteiger partial charge in [0.25, 0.3) is 0 Å². The molecule has 1 aliphatic rings. The molecule has 1 atom stereocenters. The molecule has 2 N–H and O–H groups in total. The number of rotatable bonds is 7. The summed E-state index contributed by atoms with van der Waals surface area (Å²) in [5, 5.41) is 13.1. The Morgan fingerprint density at radius 2 is 2.33 bits per heavy atom. The summed E-state index contributed by atoms with van der Waals surface area (Å²) in [6.07, 6.45) is 3.51. The average molecular weight is 312 g/mol. The van der Waals surface area contributed by atoms with Gasteiger partial charge in [-0.05, 0) is 32.6 Å². The number of carboxylic acids is 1. The first-order valence-electron chi connectivity index (χ1n) is 7.23. The number of fused-ring (bicyclic) bond motifs is 1. The number of ether oxygens (including phenoxy) is 1. The SMILES string of the molecule is CCOC(=O)CCCNc1nc2c(s1)CCCC2C(=O)O. The second kappa shape index (κ2) is 7.40. The van der Waals surface area contributed by atoms with E-state index in [-0.39, 0.29) is 5.97 Å². The van der Waals surface area contributed by atoms with Gasteiger partial charge in [0.2, 0.25) is 0 Å². The molecule has 0 radical (unpaired) electrons. The van der Waals surface area contributed by atoms with Gasteiger partial charge in [-0.1, -0.05) is 0 Å². The number of thiazole rings is 1. The summed E-state index contributed by atoms with van der Waals surface area (Å²) in [4.78, 5) is 27.9. The normalized spacial score (nSPS) is 17.1. The Balaban J connectivity index is 1.85. The highest BCUT2D eigenvalue weighted by Crippen LogP contribution is 2.36. The fourth-order valence-electron chi connectivity index (χ4n) is 2.40. The van der Waals surface area contributed by atoms with Gasteiger partial charge in [0, 0.05) is 17.8 Å². The van der Waals surface area contributed by atoms with Crippen molar-refractivity contribution in [2.24, 2.45) is 0 Å². The molecule has 0 saturated heterocycles. The molecule has 0 amide bonds. The minimum Gasteiger partial charge on any atom is -0.481 e. The monoisotopic (exact) mass is 312 g/mol. The summed E-state index contributed by atoms with van der Waals surface area (Å²) >= 11 is 1.52. The zero-order valence-corrected chi connectivity index (χ0v) is 12.9. The number of aromatic nitrogens is 1. The fraction of sp³-hybridized carbons (Fsp3) is 0.643. The van der Waals surface area contributed by atoms with Crippen LogP contribution in [0.4, 0.5) is 5.13 Å². The summed E-state index contributed by atoms with van der Waals surface area (Å²) in [6, 6.07) is 0. The molecule has 0 fully saturated rings. The lowest BCUT2D eigenvalue weighted by Gasteiger charge is -2.16. The van der Waals surface area contributed by atoms with Crippen LogP contribution in [0.3, 0.4) is 0 Å². The molecule has 21 heavy (non-hydrogen) atoms. The van der Waals surface area contributed by atoms with Crippen LogP contribution in [-0.4, -0.2) is 35.2 Å². The van der Waals surface area contributed by atoms with E-state index in [2.05, 4.69) is 10.3 Å². The van der Waals surface area contributed by atoms with Crippen molar-refractivity contribution in [2.75, 3.05) is 18.5 Å². The zero-order valence-electron chi connectivity index (χ0n) is 12.1. The van der Waals surface area contributed by atoms with Crippen molar-refractivity contribution in [2.45, 2.75) is 44.9 Å². The van der Waals surface area contributed by atoms with Gasteiger partial charge in [-0.15, -0.1) is 11.3 Å². The minimum atomic E-state index is -0.796. The standard InChI is InChI=1S/C14H20N2O4S/c1-2-20-11(17)7-4-8-15-14-16-12-9(13(18)19)5-3-6-10(12)21-14/h9H,2-8H2,1H3,(H,15,16)(H,18,19). The third-order valence-electron chi connectivity index (χ3n) is 3.39. The molecule has 116 valence electrons. The maximum Gasteiger partial charge on any atom is 0.312 e. The van der Waals surface area contributed by atoms with Crippen molar-refractivity contribution >= 4 is 28.4 Å². The molecule has 2 rings (SSSR count). The highest BCUT2D eigenvalue weighted by atomic mass is 32.1. The van der Waals surface area contributed by atoms with Crippen molar-refractivity contribution in [3.63, 3.8) is 0 Å². The number of nitrogens with one attached hydrogen (secondary N) is 1. The zero-order chi connectivity index (χ0) is 15.2. The third kappa shape index (κ3) is 4.17. The van der Waals surface area contributed by atoms with Gasteiger partial charge in [-0.2, -0.15) is 0 Å². The summed E-state index contributed by atoms with van der Waals surface area (Å²) in [5.41, 5.74) is 0.714. The Morgan fingerprint density at radius 1 is 1.52 bits per heavy atom. The van der Waals surface area contributed by atoms with Crippen LogP contribution < -0.4 is 5.32 Å². The van der Waals surface area contributed by atoms with Crippen LogP contribution in [0, 0.1) is 0 Å². The van der Waals surface area contributed by atoms with E-state index >= 15 is 0 Å². The predicted octanol–water partition coefficient (Wildman–Crippen LogP) is 2.40. The molecule has 0 aromatic carbocycles. The van der Waals surface area contributed by atoms with Crippen molar-refractivity contribution in [1.29, 1.82) is 0 Å². The summed E-state index contributed by atoms with van der Waals surface area (Å²) in [7, 11) is 0. The number of esters is 1. The van der Waals surface area contributed by atoms with Crippen LogP contribution in [0.1, 0.15) is 49.1 Å². The van der Waals surface area contributed by atoms with Gasteiger partial charge in [-0.25, -0.2) is 4.98 Å². The van der Waals surface area contributed by atoms with Crippen LogP contribution in [0.15, 0.2) is 0 Å². The predicted molar refractivity (Wildman–Crippen MR) is 79.8 cm³/mol. The van der Waals surface area contributed by atoms with E-state index in [4.69, 9.17) is 4.74 Å². The lowest BCUT2D eigenvalue weighted by atomic mass is 9.91. The lowest BCUT2D eigenvalue weighted by Crippen LogP contribution is -2.17. The molecule has 1 aromatic heterocycles. The number of aryl methyl sites for hydroxylation is 1. The van der Waals surface area contributed by atoms with Gasteiger partial charge in [0.05, 0.1) is 12.3 Å². The molecule has 0 saturated carbocycles. The first-order valence-corrected chi connectivity index (χ1v) is 8.05. The molecular weight excluding hydrogens is 292 g/mol. The van der Waals surface area contributed by atoms with Crippen LogP contribution >= 0.6 is 11.3 Å². The van der Waals surface area contributed by atoms with Gasteiger partial charge < -0.3 is 15.2 Å². The molecular formula is C14H20N2O4S. The first kappa shape index (κ1) is 15.8. The molecule has 1 aromatic rings. The largest absolute Gasteiger partial charge is 0.481 e. The van der Waals surface area contributed by atoms with E-state index in [9.17, 15) is 14.7 Å². The topological polar surface area (TPSA) is 88.5 Å². The van der Waals surface area contributed by atoms with Crippen molar-refractivity contribution in [3.8, 4) is 0 Å². The number of carbonyl (C=O) groups is 2. The number of hydrogen-bond acceptors (Lipinski definition) is 6. The third-order valence-corrected chi connectivity index (χ3v) is 4.48. The minimum absolute atomic E-state index is 0.191. The number of anilines is 1. The number of carboxylic acid groups (broad SMARTS) is 1. The van der Waals surface area contributed by atoms with Gasteiger partial charge >= 0.3 is 11.9 Å². The van der Waals surface area contributed by atoms with Crippen molar-refractivity contribution < 1.29 is 19.4 Å². The fourth-order valence-corrected chi connectivity index (χ4v) is 3.49. The number of nitrogens with zero attached hydrogens (tertiary/aromatic N) is 1. The molecule has 7 heteroatoms. The second-order valence-electron chi connectivity index (χ2n) is 4.95. The summed E-state index contributed by atoms with van der Waals surface area (Å²) < 4.78 is 4.86. The van der Waals surface area contributed by atoms with E-state index in [1.54, 1.807) is 6.92 Å². The van der Waals surface area contributed by atoms with E-state index in [0.717, 1.165) is 22.9 Å². The maximum atomic E-state index is 11.2. The summed E-state index contributed by atoms with van der Waals surface area (Å²) in [6.45, 7) is 2.82. The Hall–Kier alpha value is -1.63. The molecule has 1 unspecified atom stereocenters. The molecule has 0 bridgehead atoms. The van der Waals surface area contributed by atoms with Gasteiger partial charge in [0.15, 0.2) is 5.13 Å². The Bertz CT molecular complexity index is 515. The molecule has 1 heterocycles. The van der Waals surface area contributed by atoms with E-state index in [1.165, 1.54) is 11.3 Å². The van der Waals surface area contributed by atoms with Gasteiger partial charge in [-0.3, -0.25) is 9.59 Å². The average Bonchev–Trinajstić information content (AvgIpc) is 2.86. The number of carbonyl (C=O) groups excluding carboxylic acids is 1. The quantitative estimate of drug-likeness (QED) is 0.594. The molecule has 6 nitrogen and oxygen atoms in total. The Morgan fingerprint density at radius 3 is 3.05 bits per heavy atom. The van der Waals surface area contributed by atoms with Crippen LogP contribution in [0.5, 0.6) is 0 Å². The van der Waals surface area contributed by atoms with Crippen LogP contribution in [0.2, 0.25) is 0 Å². The van der Waals surface area contributed by atoms with Crippen molar-refractivity contribution in [1.82, 2.24) is 4.98 Å². The molecule has 0 aliphatic heterocycles. The van der Waals surface area contributed by atoms with Crippen LogP contribution in [0.25, 0.3) is 0 Å². The van der Waals surface area contributed by atoms with Crippen molar-refractivity contribution in [3.05, 3.63) is 10.6 Å². The highest BCUT2D eigenvalue weighted by Gasteiger charge is 2.29. The lowest BCUT2D eigenvalue weighted by molar-refractivity contribution is -0.143. The molecule has 0 spiro atoms. The number of aliphatic carboxylic acids is 1. The Kier molecular flexibility index (Phi) is 5.55. The smallest absolute Gasteiger partial charge is 0.312 e. The molecule has 1 aliphatic carbocycles. The maximum absolute atomic E-state index is 11.2. The van der Waals surface area contributed by atoms with E-state index in [0.29, 0.717) is 38.1 Å². The first-order chi connectivity index (χ1) is 10.1. The van der Waals surface area contributed by atoms with E-state index < -0.39 is 11.9 Å². The highest BCUT2D eigenvalue weighted by molar-refractivity contribution is 7.15. The Labute approximate surface area is 127 Å². The van der Waals surface area contributed by atoms with Gasteiger partial charge in [0.1, 0.15) is 5.92 Å². The second-order valence-corrected chi connectivity index (χ2v) is 6.03.